The molecule has 1 aromatic carbocycles. The van der Waals surface area contributed by atoms with Gasteiger partial charge in [-0.25, -0.2) is 0 Å². The molecule has 2 N–H and O–H groups in total. The summed E-state index contributed by atoms with van der Waals surface area (Å²) in [4.78, 5) is 11.4. The van der Waals surface area contributed by atoms with Crippen LogP contribution in [0.3, 0.4) is 0 Å². The molecule has 0 bridgehead atoms. The van der Waals surface area contributed by atoms with Crippen LogP contribution in [-0.4, -0.2) is 20.9 Å². The van der Waals surface area contributed by atoms with Crippen LogP contribution in [0.4, 0.5) is 0 Å². The predicted octanol–water partition coefficient (Wildman–Crippen LogP) is 1.95. The second kappa shape index (κ2) is 5.88. The molecular weight excluding hydrogens is 254 g/mol. The molecule has 1 unspecified atom stereocenters. The molecule has 5 heteroatoms. The fourth-order valence-electron chi connectivity index (χ4n) is 2.27. The Labute approximate surface area is 118 Å². The van der Waals surface area contributed by atoms with Gasteiger partial charge in [0.1, 0.15) is 6.04 Å². The van der Waals surface area contributed by atoms with Crippen molar-refractivity contribution >= 4 is 5.97 Å². The molecule has 0 amide bonds. The number of aryl methyl sites for hydroxylation is 2. The van der Waals surface area contributed by atoms with E-state index in [9.17, 15) is 9.90 Å². The van der Waals surface area contributed by atoms with Crippen LogP contribution in [0.25, 0.3) is 0 Å². The maximum atomic E-state index is 11.4. The molecule has 0 saturated heterocycles. The molecule has 2 aromatic rings. The maximum absolute atomic E-state index is 11.4. The number of aromatic nitrogens is 2. The minimum Gasteiger partial charge on any atom is -0.480 e. The van der Waals surface area contributed by atoms with Crippen LogP contribution in [0, 0.1) is 13.8 Å². The number of nitrogens with zero attached hydrogens (tertiary/aromatic N) is 2. The molecule has 1 heterocycles. The molecule has 1 aromatic heterocycles. The van der Waals surface area contributed by atoms with Crippen molar-refractivity contribution in [3.8, 4) is 0 Å². The van der Waals surface area contributed by atoms with Crippen molar-refractivity contribution < 1.29 is 9.90 Å². The lowest BCUT2D eigenvalue weighted by atomic mass is 10.1. The first-order valence-corrected chi connectivity index (χ1v) is 6.51. The average Bonchev–Trinajstić information content (AvgIpc) is 2.66. The number of carboxylic acids is 1. The summed E-state index contributed by atoms with van der Waals surface area (Å²) in [6.45, 7) is 4.40. The van der Waals surface area contributed by atoms with Crippen LogP contribution in [0.5, 0.6) is 0 Å². The zero-order valence-corrected chi connectivity index (χ0v) is 11.9. The van der Waals surface area contributed by atoms with Crippen molar-refractivity contribution in [2.75, 3.05) is 0 Å². The second-order valence-electron chi connectivity index (χ2n) is 4.84. The summed E-state index contributed by atoms with van der Waals surface area (Å²) in [6, 6.07) is 8.47. The van der Waals surface area contributed by atoms with E-state index < -0.39 is 12.0 Å². The van der Waals surface area contributed by atoms with Crippen LogP contribution in [-0.2, 0) is 18.4 Å². The van der Waals surface area contributed by atoms with Gasteiger partial charge in [0, 0.05) is 24.8 Å². The topological polar surface area (TPSA) is 67.2 Å². The molecule has 1 atom stereocenters. The highest BCUT2D eigenvalue weighted by molar-refractivity contribution is 5.75. The van der Waals surface area contributed by atoms with Crippen molar-refractivity contribution in [3.63, 3.8) is 0 Å². The molecule has 0 aliphatic heterocycles. The van der Waals surface area contributed by atoms with Gasteiger partial charge in [0.25, 0.3) is 0 Å². The SMILES string of the molecule is Cc1nn(C)c(C)c1CNC(C(=O)O)c1ccccc1. The summed E-state index contributed by atoms with van der Waals surface area (Å²) in [6.07, 6.45) is 0. The van der Waals surface area contributed by atoms with Gasteiger partial charge in [0.2, 0.25) is 0 Å². The Bertz CT molecular complexity index is 605. The number of carboxylic acid groups (broad SMARTS) is 1. The van der Waals surface area contributed by atoms with E-state index in [1.807, 2.05) is 55.9 Å². The van der Waals surface area contributed by atoms with Crippen LogP contribution >= 0.6 is 0 Å². The Kier molecular flexibility index (Phi) is 4.20. The first kappa shape index (κ1) is 14.3. The number of rotatable bonds is 5. The zero-order valence-electron chi connectivity index (χ0n) is 11.9. The van der Waals surface area contributed by atoms with Crippen LogP contribution in [0.15, 0.2) is 30.3 Å². The number of nitrogens with one attached hydrogen (secondary N) is 1. The van der Waals surface area contributed by atoms with Gasteiger partial charge in [-0.05, 0) is 19.4 Å². The molecule has 5 nitrogen and oxygen atoms in total. The van der Waals surface area contributed by atoms with Crippen molar-refractivity contribution in [1.29, 1.82) is 0 Å². The summed E-state index contributed by atoms with van der Waals surface area (Å²) < 4.78 is 1.81. The predicted molar refractivity (Wildman–Crippen MR) is 76.3 cm³/mol. The molecular formula is C15H19N3O2. The number of hydrogen-bond acceptors (Lipinski definition) is 3. The third-order valence-corrected chi connectivity index (χ3v) is 3.52. The largest absolute Gasteiger partial charge is 0.480 e. The second-order valence-corrected chi connectivity index (χ2v) is 4.84. The number of hydrogen-bond donors (Lipinski definition) is 2. The molecule has 0 saturated carbocycles. The van der Waals surface area contributed by atoms with Crippen molar-refractivity contribution in [1.82, 2.24) is 15.1 Å². The Balaban J connectivity index is 2.16. The minimum atomic E-state index is -0.879. The zero-order chi connectivity index (χ0) is 14.7. The van der Waals surface area contributed by atoms with E-state index >= 15 is 0 Å². The van der Waals surface area contributed by atoms with E-state index in [0.717, 1.165) is 22.5 Å². The smallest absolute Gasteiger partial charge is 0.325 e. The minimum absolute atomic E-state index is 0.483. The van der Waals surface area contributed by atoms with E-state index in [0.29, 0.717) is 6.54 Å². The molecule has 0 fully saturated rings. The van der Waals surface area contributed by atoms with Crippen molar-refractivity contribution in [3.05, 3.63) is 52.8 Å². The Morgan fingerprint density at radius 1 is 1.35 bits per heavy atom. The Morgan fingerprint density at radius 2 is 2.00 bits per heavy atom. The fraction of sp³-hybridized carbons (Fsp3) is 0.333. The number of aliphatic carboxylic acids is 1. The molecule has 2 rings (SSSR count). The van der Waals surface area contributed by atoms with Gasteiger partial charge in [0.15, 0.2) is 0 Å². The summed E-state index contributed by atoms with van der Waals surface area (Å²) in [5.41, 5.74) is 3.77. The van der Waals surface area contributed by atoms with E-state index in [4.69, 9.17) is 0 Å². The lowest BCUT2D eigenvalue weighted by Crippen LogP contribution is -2.28. The lowest BCUT2D eigenvalue weighted by Gasteiger charge is -2.15. The molecule has 106 valence electrons. The average molecular weight is 273 g/mol. The van der Waals surface area contributed by atoms with Gasteiger partial charge in [-0.15, -0.1) is 0 Å². The molecule has 0 aliphatic rings. The third kappa shape index (κ3) is 2.88. The molecule has 0 radical (unpaired) electrons. The Hall–Kier alpha value is -2.14. The highest BCUT2D eigenvalue weighted by atomic mass is 16.4. The maximum Gasteiger partial charge on any atom is 0.325 e. The van der Waals surface area contributed by atoms with Gasteiger partial charge < -0.3 is 5.11 Å². The van der Waals surface area contributed by atoms with Crippen LogP contribution in [0.2, 0.25) is 0 Å². The first-order valence-electron chi connectivity index (χ1n) is 6.51. The van der Waals surface area contributed by atoms with Crippen molar-refractivity contribution in [2.45, 2.75) is 26.4 Å². The number of benzene rings is 1. The van der Waals surface area contributed by atoms with Gasteiger partial charge in [-0.3, -0.25) is 14.8 Å². The van der Waals surface area contributed by atoms with E-state index in [2.05, 4.69) is 10.4 Å². The monoisotopic (exact) mass is 273 g/mol. The lowest BCUT2D eigenvalue weighted by molar-refractivity contribution is -0.139. The molecule has 0 aliphatic carbocycles. The number of carbonyl (C=O) groups is 1. The standard InChI is InChI=1S/C15H19N3O2/c1-10-13(11(2)18(3)17-10)9-16-14(15(19)20)12-7-5-4-6-8-12/h4-8,14,16H,9H2,1-3H3,(H,19,20). The Morgan fingerprint density at radius 3 is 2.50 bits per heavy atom. The molecule has 20 heavy (non-hydrogen) atoms. The highest BCUT2D eigenvalue weighted by Crippen LogP contribution is 2.16. The summed E-state index contributed by atoms with van der Waals surface area (Å²) in [5.74, 6) is -0.879. The van der Waals surface area contributed by atoms with E-state index in [1.54, 1.807) is 0 Å². The van der Waals surface area contributed by atoms with Gasteiger partial charge in [0.05, 0.1) is 5.69 Å². The normalized spacial score (nSPS) is 12.3. The first-order chi connectivity index (χ1) is 9.50. The summed E-state index contributed by atoms with van der Waals surface area (Å²) in [5, 5.41) is 16.8. The van der Waals surface area contributed by atoms with E-state index in [-0.39, 0.29) is 0 Å². The van der Waals surface area contributed by atoms with Crippen molar-refractivity contribution in [2.24, 2.45) is 7.05 Å². The summed E-state index contributed by atoms with van der Waals surface area (Å²) in [7, 11) is 1.89. The van der Waals surface area contributed by atoms with Crippen LogP contribution in [0.1, 0.15) is 28.6 Å². The summed E-state index contributed by atoms with van der Waals surface area (Å²) >= 11 is 0. The van der Waals surface area contributed by atoms with Gasteiger partial charge in [-0.2, -0.15) is 5.10 Å². The quantitative estimate of drug-likeness (QED) is 0.874. The highest BCUT2D eigenvalue weighted by Gasteiger charge is 2.20. The molecule has 0 spiro atoms. The fourth-order valence-corrected chi connectivity index (χ4v) is 2.27. The van der Waals surface area contributed by atoms with E-state index in [1.165, 1.54) is 0 Å². The van der Waals surface area contributed by atoms with Crippen LogP contribution < -0.4 is 5.32 Å². The third-order valence-electron chi connectivity index (χ3n) is 3.52. The van der Waals surface area contributed by atoms with Gasteiger partial charge in [-0.1, -0.05) is 30.3 Å². The van der Waals surface area contributed by atoms with Gasteiger partial charge >= 0.3 is 5.97 Å².